The van der Waals surface area contributed by atoms with Gasteiger partial charge in [-0.05, 0) is 18.2 Å². The SMILES string of the molecule is N#Cc1c(-c2ccc([N+](=O)[O-])cc2)nc2c(Cl)cc(C(F)(F)F)cn12. The lowest BCUT2D eigenvalue weighted by Gasteiger charge is -2.08. The third-order valence-corrected chi connectivity index (χ3v) is 3.74. The van der Waals surface area contributed by atoms with Gasteiger partial charge in [0.25, 0.3) is 5.69 Å². The van der Waals surface area contributed by atoms with E-state index >= 15 is 0 Å². The van der Waals surface area contributed by atoms with Crippen LogP contribution in [0.5, 0.6) is 0 Å². The van der Waals surface area contributed by atoms with Gasteiger partial charge < -0.3 is 0 Å². The second-order valence-corrected chi connectivity index (χ2v) is 5.40. The third-order valence-electron chi connectivity index (χ3n) is 3.46. The van der Waals surface area contributed by atoms with Crippen LogP contribution >= 0.6 is 11.6 Å². The molecule has 0 radical (unpaired) electrons. The summed E-state index contributed by atoms with van der Waals surface area (Å²) in [5, 5.41) is 19.8. The molecule has 0 aliphatic rings. The Bertz CT molecular complexity index is 1040. The van der Waals surface area contributed by atoms with E-state index in [1.165, 1.54) is 24.3 Å². The molecule has 1 aromatic carbocycles. The molecular formula is C15H6ClF3N4O2. The smallest absolute Gasteiger partial charge is 0.289 e. The molecule has 0 fully saturated rings. The number of rotatable bonds is 2. The lowest BCUT2D eigenvalue weighted by molar-refractivity contribution is -0.384. The van der Waals surface area contributed by atoms with E-state index in [0.29, 0.717) is 5.56 Å². The van der Waals surface area contributed by atoms with Gasteiger partial charge in [-0.2, -0.15) is 18.4 Å². The number of imidazole rings is 1. The minimum atomic E-state index is -4.64. The Morgan fingerprint density at radius 1 is 1.28 bits per heavy atom. The van der Waals surface area contributed by atoms with Crippen LogP contribution in [-0.2, 0) is 6.18 Å². The molecule has 0 spiro atoms. The molecule has 0 amide bonds. The number of aromatic nitrogens is 2. The summed E-state index contributed by atoms with van der Waals surface area (Å²) in [5.74, 6) is 0. The predicted octanol–water partition coefficient (Wildman–Crippen LogP) is 4.45. The molecule has 0 aliphatic heterocycles. The normalized spacial score (nSPS) is 11.5. The number of nitrogens with zero attached hydrogens (tertiary/aromatic N) is 4. The Morgan fingerprint density at radius 3 is 2.44 bits per heavy atom. The number of nitriles is 1. The van der Waals surface area contributed by atoms with Crippen LogP contribution in [0.1, 0.15) is 11.3 Å². The van der Waals surface area contributed by atoms with Crippen molar-refractivity contribution in [2.45, 2.75) is 6.18 Å². The number of alkyl halides is 3. The van der Waals surface area contributed by atoms with Gasteiger partial charge >= 0.3 is 6.18 Å². The van der Waals surface area contributed by atoms with Crippen molar-refractivity contribution in [1.29, 1.82) is 5.26 Å². The molecule has 0 bridgehead atoms. The van der Waals surface area contributed by atoms with Crippen molar-refractivity contribution in [2.24, 2.45) is 0 Å². The topological polar surface area (TPSA) is 84.2 Å². The summed E-state index contributed by atoms with van der Waals surface area (Å²) >= 11 is 5.88. The lowest BCUT2D eigenvalue weighted by atomic mass is 10.1. The highest BCUT2D eigenvalue weighted by Crippen LogP contribution is 2.34. The van der Waals surface area contributed by atoms with Crippen molar-refractivity contribution in [1.82, 2.24) is 9.38 Å². The van der Waals surface area contributed by atoms with Gasteiger partial charge in [-0.1, -0.05) is 11.6 Å². The average Bonchev–Trinajstić information content (AvgIpc) is 2.93. The van der Waals surface area contributed by atoms with Gasteiger partial charge in [-0.25, -0.2) is 4.98 Å². The van der Waals surface area contributed by atoms with Crippen LogP contribution in [0.4, 0.5) is 18.9 Å². The van der Waals surface area contributed by atoms with Gasteiger partial charge in [0, 0.05) is 23.9 Å². The first-order valence-corrected chi connectivity index (χ1v) is 7.04. The highest BCUT2D eigenvalue weighted by atomic mass is 35.5. The third kappa shape index (κ3) is 2.88. The van der Waals surface area contributed by atoms with Crippen molar-refractivity contribution in [3.63, 3.8) is 0 Å². The fraction of sp³-hybridized carbons (Fsp3) is 0.0667. The number of hydrogen-bond acceptors (Lipinski definition) is 4. The first-order chi connectivity index (χ1) is 11.7. The minimum absolute atomic E-state index is 0.0143. The van der Waals surface area contributed by atoms with Gasteiger partial charge in [-0.15, -0.1) is 0 Å². The van der Waals surface area contributed by atoms with Crippen molar-refractivity contribution < 1.29 is 18.1 Å². The molecule has 0 saturated heterocycles. The lowest BCUT2D eigenvalue weighted by Crippen LogP contribution is -2.07. The number of nitro groups is 1. The Morgan fingerprint density at radius 2 is 1.92 bits per heavy atom. The van der Waals surface area contributed by atoms with Crippen LogP contribution in [0.3, 0.4) is 0 Å². The molecule has 126 valence electrons. The predicted molar refractivity (Wildman–Crippen MR) is 82.0 cm³/mol. The minimum Gasteiger partial charge on any atom is -0.289 e. The molecule has 0 N–H and O–H groups in total. The zero-order valence-corrected chi connectivity index (χ0v) is 12.8. The van der Waals surface area contributed by atoms with Crippen LogP contribution in [-0.4, -0.2) is 14.3 Å². The van der Waals surface area contributed by atoms with Crippen LogP contribution in [0, 0.1) is 21.4 Å². The first-order valence-electron chi connectivity index (χ1n) is 6.66. The van der Waals surface area contributed by atoms with E-state index in [1.54, 1.807) is 6.07 Å². The molecule has 25 heavy (non-hydrogen) atoms. The Hall–Kier alpha value is -3.12. The first kappa shape index (κ1) is 16.7. The Balaban J connectivity index is 2.25. The van der Waals surface area contributed by atoms with Crippen LogP contribution in [0.15, 0.2) is 36.5 Å². The van der Waals surface area contributed by atoms with Gasteiger partial charge in [0.15, 0.2) is 11.3 Å². The quantitative estimate of drug-likeness (QED) is 0.495. The standard InChI is InChI=1S/C15H6ClF3N4O2/c16-11-5-9(15(17,18)19)7-22-12(6-20)13(21-14(11)22)8-1-3-10(4-2-8)23(24)25/h1-5,7H. The fourth-order valence-corrected chi connectivity index (χ4v) is 2.56. The maximum Gasteiger partial charge on any atom is 0.417 e. The summed E-state index contributed by atoms with van der Waals surface area (Å²) in [4.78, 5) is 14.2. The highest BCUT2D eigenvalue weighted by molar-refractivity contribution is 6.33. The van der Waals surface area contributed by atoms with Crippen molar-refractivity contribution in [2.75, 3.05) is 0 Å². The summed E-state index contributed by atoms with van der Waals surface area (Å²) in [6.07, 6.45) is -3.90. The number of halogens is 4. The van der Waals surface area contributed by atoms with Crippen molar-refractivity contribution >= 4 is 22.9 Å². The summed E-state index contributed by atoms with van der Waals surface area (Å²) in [6.45, 7) is 0. The summed E-state index contributed by atoms with van der Waals surface area (Å²) in [5.41, 5.74) is -0.928. The van der Waals surface area contributed by atoms with E-state index in [-0.39, 0.29) is 27.7 Å². The van der Waals surface area contributed by atoms with E-state index in [2.05, 4.69) is 4.98 Å². The molecule has 3 rings (SSSR count). The second-order valence-electron chi connectivity index (χ2n) is 4.99. The maximum absolute atomic E-state index is 12.9. The Labute approximate surface area is 142 Å². The van der Waals surface area contributed by atoms with Crippen LogP contribution in [0.2, 0.25) is 5.02 Å². The van der Waals surface area contributed by atoms with E-state index < -0.39 is 16.7 Å². The second kappa shape index (κ2) is 5.75. The molecule has 6 nitrogen and oxygen atoms in total. The Kier molecular flexibility index (Phi) is 3.85. The number of benzene rings is 1. The number of hydrogen-bond donors (Lipinski definition) is 0. The molecule has 2 aromatic heterocycles. The molecular weight excluding hydrogens is 361 g/mol. The average molecular weight is 367 g/mol. The number of pyridine rings is 1. The molecule has 2 heterocycles. The van der Waals surface area contributed by atoms with Gasteiger partial charge in [0.1, 0.15) is 11.8 Å². The highest BCUT2D eigenvalue weighted by Gasteiger charge is 2.32. The van der Waals surface area contributed by atoms with E-state index in [9.17, 15) is 28.5 Å². The van der Waals surface area contributed by atoms with Gasteiger partial charge in [0.05, 0.1) is 15.5 Å². The van der Waals surface area contributed by atoms with E-state index in [4.69, 9.17) is 11.6 Å². The molecule has 0 unspecified atom stereocenters. The number of fused-ring (bicyclic) bond motifs is 1. The zero-order chi connectivity index (χ0) is 18.4. The van der Waals surface area contributed by atoms with Gasteiger partial charge in [0.2, 0.25) is 0 Å². The zero-order valence-electron chi connectivity index (χ0n) is 12.1. The maximum atomic E-state index is 12.9. The fourth-order valence-electron chi connectivity index (χ4n) is 2.31. The molecule has 0 aliphatic carbocycles. The van der Waals surface area contributed by atoms with Crippen LogP contribution in [0.25, 0.3) is 16.9 Å². The largest absolute Gasteiger partial charge is 0.417 e. The molecule has 0 saturated carbocycles. The van der Waals surface area contributed by atoms with Crippen molar-refractivity contribution in [3.05, 3.63) is 62.9 Å². The molecule has 3 aromatic rings. The summed E-state index contributed by atoms with van der Waals surface area (Å²) in [6, 6.07) is 7.67. The van der Waals surface area contributed by atoms with Gasteiger partial charge in [-0.3, -0.25) is 14.5 Å². The monoisotopic (exact) mass is 366 g/mol. The van der Waals surface area contributed by atoms with E-state index in [0.717, 1.165) is 16.7 Å². The van der Waals surface area contributed by atoms with E-state index in [1.807, 2.05) is 0 Å². The molecule has 0 atom stereocenters. The summed E-state index contributed by atoms with van der Waals surface area (Å²) in [7, 11) is 0. The molecule has 10 heteroatoms. The van der Waals surface area contributed by atoms with Crippen LogP contribution < -0.4 is 0 Å². The number of non-ortho nitro benzene ring substituents is 1. The number of nitro benzene ring substituents is 1. The summed E-state index contributed by atoms with van der Waals surface area (Å²) < 4.78 is 39.8. The van der Waals surface area contributed by atoms with Crippen molar-refractivity contribution in [3.8, 4) is 17.3 Å².